The summed E-state index contributed by atoms with van der Waals surface area (Å²) in [7, 11) is -2.26. The molecule has 3 atom stereocenters. The van der Waals surface area contributed by atoms with E-state index in [1.165, 1.54) is 0 Å². The minimum atomic E-state index is -2.26. The predicted octanol–water partition coefficient (Wildman–Crippen LogP) is 4.54. The van der Waals surface area contributed by atoms with Crippen molar-refractivity contribution in [3.63, 3.8) is 0 Å². The molecule has 34 heavy (non-hydrogen) atoms. The molecule has 0 amide bonds. The average molecular weight is 499 g/mol. The van der Waals surface area contributed by atoms with Crippen molar-refractivity contribution in [1.29, 1.82) is 0 Å². The smallest absolute Gasteiger partial charge is 0.332 e. The topological polar surface area (TPSA) is 158 Å². The quantitative estimate of drug-likeness (QED) is 0.267. The monoisotopic (exact) mass is 498 g/mol. The van der Waals surface area contributed by atoms with Crippen LogP contribution in [0.15, 0.2) is 22.3 Å². The van der Waals surface area contributed by atoms with Gasteiger partial charge in [0.25, 0.3) is 0 Å². The van der Waals surface area contributed by atoms with Gasteiger partial charge in [0.1, 0.15) is 0 Å². The van der Waals surface area contributed by atoms with Gasteiger partial charge < -0.3 is 24.9 Å². The summed E-state index contributed by atoms with van der Waals surface area (Å²) in [6, 6.07) is 0. The largest absolute Gasteiger partial charge is 0.478 e. The maximum atomic E-state index is 12.5. The number of hydrogen-bond donors (Lipinski definition) is 4. The molecule has 4 N–H and O–H groups in total. The van der Waals surface area contributed by atoms with E-state index in [9.17, 15) is 39.6 Å². The lowest BCUT2D eigenvalue weighted by Crippen LogP contribution is -2.40. The maximum absolute atomic E-state index is 12.5. The van der Waals surface area contributed by atoms with Crippen LogP contribution in [0.2, 0.25) is 19.6 Å². The first-order valence-corrected chi connectivity index (χ1v) is 15.2. The fourth-order valence-electron chi connectivity index (χ4n) is 4.57. The Balaban J connectivity index is 3.94. The summed E-state index contributed by atoms with van der Waals surface area (Å²) < 4.78 is 6.29. The number of aliphatic carboxylic acids is 4. The zero-order valence-electron chi connectivity index (χ0n) is 20.7. The third kappa shape index (κ3) is 8.09. The molecule has 0 aromatic rings. The van der Waals surface area contributed by atoms with Crippen molar-refractivity contribution < 1.29 is 44.0 Å². The first-order chi connectivity index (χ1) is 15.7. The van der Waals surface area contributed by atoms with E-state index in [0.717, 1.165) is 6.42 Å². The lowest BCUT2D eigenvalue weighted by atomic mass is 9.74. The van der Waals surface area contributed by atoms with Crippen LogP contribution in [-0.4, -0.2) is 58.7 Å². The van der Waals surface area contributed by atoms with Gasteiger partial charge in [-0.25, -0.2) is 19.2 Å². The molecule has 192 valence electrons. The van der Waals surface area contributed by atoms with Crippen LogP contribution in [0.3, 0.4) is 0 Å². The summed E-state index contributed by atoms with van der Waals surface area (Å²) >= 11 is 0. The number of rotatable bonds is 13. The zero-order chi connectivity index (χ0) is 26.2. The predicted molar refractivity (Wildman–Crippen MR) is 128 cm³/mol. The molecule has 1 aliphatic rings. The van der Waals surface area contributed by atoms with Crippen LogP contribution in [0.5, 0.6) is 0 Å². The molecule has 0 saturated carbocycles. The molecule has 0 bridgehead atoms. The number of unbranched alkanes of at least 4 members (excludes halogenated alkanes) is 2. The summed E-state index contributed by atoms with van der Waals surface area (Å²) in [6.45, 7) is 9.56. The second-order valence-corrected chi connectivity index (χ2v) is 14.2. The Bertz CT molecular complexity index is 851. The van der Waals surface area contributed by atoms with E-state index in [2.05, 4.69) is 0 Å². The second kappa shape index (κ2) is 12.8. The van der Waals surface area contributed by atoms with Crippen LogP contribution in [0.4, 0.5) is 0 Å². The van der Waals surface area contributed by atoms with Crippen molar-refractivity contribution in [2.75, 3.05) is 0 Å². The molecule has 0 saturated heterocycles. The average Bonchev–Trinajstić information content (AvgIpc) is 2.68. The van der Waals surface area contributed by atoms with Crippen LogP contribution >= 0.6 is 0 Å². The molecule has 10 heteroatoms. The molecule has 0 fully saturated rings. The molecular weight excluding hydrogens is 460 g/mol. The summed E-state index contributed by atoms with van der Waals surface area (Å²) in [6.07, 6.45) is 1.80. The van der Waals surface area contributed by atoms with E-state index in [0.29, 0.717) is 25.7 Å². The molecular formula is C24H38O9Si. The molecule has 3 unspecified atom stereocenters. The Morgan fingerprint density at radius 2 is 1.32 bits per heavy atom. The molecule has 9 nitrogen and oxygen atoms in total. The molecule has 0 spiro atoms. The van der Waals surface area contributed by atoms with Gasteiger partial charge in [-0.2, -0.15) is 0 Å². The summed E-state index contributed by atoms with van der Waals surface area (Å²) in [5, 5.41) is 40.1. The lowest BCUT2D eigenvalue weighted by Gasteiger charge is -2.36. The minimum Gasteiger partial charge on any atom is -0.478 e. The van der Waals surface area contributed by atoms with Crippen molar-refractivity contribution in [3.05, 3.63) is 22.3 Å². The second-order valence-electron chi connectivity index (χ2n) is 9.77. The third-order valence-corrected chi connectivity index (χ3v) is 6.99. The molecule has 0 aliphatic heterocycles. The summed E-state index contributed by atoms with van der Waals surface area (Å²) in [5.41, 5.74) is -1.46. The van der Waals surface area contributed by atoms with Crippen LogP contribution in [0, 0.1) is 11.8 Å². The van der Waals surface area contributed by atoms with Gasteiger partial charge in [-0.15, -0.1) is 0 Å². The fraction of sp³-hybridized carbons (Fsp3) is 0.667. The van der Waals surface area contributed by atoms with E-state index < -0.39 is 56.6 Å². The Labute approximate surface area is 201 Å². The fourth-order valence-corrected chi connectivity index (χ4v) is 5.76. The van der Waals surface area contributed by atoms with E-state index in [4.69, 9.17) is 4.43 Å². The molecule has 0 radical (unpaired) electrons. The molecule has 0 aromatic heterocycles. The highest BCUT2D eigenvalue weighted by atomic mass is 28.4. The summed E-state index contributed by atoms with van der Waals surface area (Å²) in [4.78, 5) is 49.3. The molecule has 1 aliphatic carbocycles. The van der Waals surface area contributed by atoms with Crippen LogP contribution in [0.1, 0.15) is 65.2 Å². The van der Waals surface area contributed by atoms with Crippen molar-refractivity contribution in [1.82, 2.24) is 0 Å². The number of hydrogen-bond acceptors (Lipinski definition) is 5. The summed E-state index contributed by atoms with van der Waals surface area (Å²) in [5.74, 6) is -7.76. The van der Waals surface area contributed by atoms with Gasteiger partial charge in [-0.1, -0.05) is 39.5 Å². The van der Waals surface area contributed by atoms with E-state index >= 15 is 0 Å². The first-order valence-electron chi connectivity index (χ1n) is 11.8. The van der Waals surface area contributed by atoms with Gasteiger partial charge in [-0.05, 0) is 51.2 Å². The number of carboxylic acid groups (broad SMARTS) is 4. The van der Waals surface area contributed by atoms with Gasteiger partial charge in [0, 0.05) is 17.1 Å². The number of carboxylic acids is 4. The highest BCUT2D eigenvalue weighted by molar-refractivity contribution is 6.69. The van der Waals surface area contributed by atoms with Crippen molar-refractivity contribution >= 4 is 32.2 Å². The normalized spacial score (nSPS) is 24.7. The minimum absolute atomic E-state index is 0.244. The van der Waals surface area contributed by atoms with Gasteiger partial charge in [0.2, 0.25) is 0 Å². The third-order valence-electron chi connectivity index (χ3n) is 5.98. The molecule has 0 aromatic carbocycles. The highest BCUT2D eigenvalue weighted by Crippen LogP contribution is 2.40. The molecule has 1 rings (SSSR count). The highest BCUT2D eigenvalue weighted by Gasteiger charge is 2.42. The Morgan fingerprint density at radius 3 is 1.74 bits per heavy atom. The Hall–Kier alpha value is -2.46. The SMILES string of the molecule is CCCCC1C/C(C(=O)O)=C(/C(=O)O)C(C(CCCC)O[Si](C)(C)C)C/C(C(=O)O)=C\1C(=O)O. The van der Waals surface area contributed by atoms with Crippen molar-refractivity contribution in [2.45, 2.75) is 91.0 Å². The lowest BCUT2D eigenvalue weighted by molar-refractivity contribution is -0.138. The number of carbonyl (C=O) groups is 4. The van der Waals surface area contributed by atoms with Crippen molar-refractivity contribution in [3.8, 4) is 0 Å². The Morgan fingerprint density at radius 1 is 0.824 bits per heavy atom. The maximum Gasteiger partial charge on any atom is 0.332 e. The van der Waals surface area contributed by atoms with Crippen LogP contribution in [-0.2, 0) is 23.6 Å². The van der Waals surface area contributed by atoms with Gasteiger partial charge >= 0.3 is 23.9 Å². The van der Waals surface area contributed by atoms with Gasteiger partial charge in [0.15, 0.2) is 8.32 Å². The van der Waals surface area contributed by atoms with E-state index in [-0.39, 0.29) is 35.1 Å². The van der Waals surface area contributed by atoms with Crippen LogP contribution in [0.25, 0.3) is 0 Å². The van der Waals surface area contributed by atoms with E-state index in [1.54, 1.807) is 0 Å². The standard InChI is InChI=1S/C24H38O9Si/c1-6-8-10-14-12-16(21(25)26)20(24(31)32)15(13-17(22(27)28)19(14)23(29)30)18(11-9-7-2)33-34(3,4)5/h14-15,18H,6-13H2,1-5H3,(H,25,26)(H,27,28)(H,29,30)(H,31,32)/b19-17-,20-16-. The van der Waals surface area contributed by atoms with E-state index in [1.807, 2.05) is 33.5 Å². The zero-order valence-corrected chi connectivity index (χ0v) is 21.7. The van der Waals surface area contributed by atoms with Gasteiger partial charge in [-0.3, -0.25) is 0 Å². The molecule has 0 heterocycles. The first kappa shape index (κ1) is 29.6. The van der Waals surface area contributed by atoms with Crippen LogP contribution < -0.4 is 0 Å². The van der Waals surface area contributed by atoms with Gasteiger partial charge in [0.05, 0.1) is 17.3 Å². The Kier molecular flexibility index (Phi) is 11.2. The van der Waals surface area contributed by atoms with Crippen molar-refractivity contribution in [2.24, 2.45) is 11.8 Å².